The zero-order valence-electron chi connectivity index (χ0n) is 9.31. The maximum absolute atomic E-state index is 6.24. The summed E-state index contributed by atoms with van der Waals surface area (Å²) in [6.07, 6.45) is 3.69. The summed E-state index contributed by atoms with van der Waals surface area (Å²) in [6.45, 7) is 2.09. The van der Waals surface area contributed by atoms with Crippen LogP contribution in [0, 0.1) is 10.5 Å². The van der Waals surface area contributed by atoms with E-state index in [9.17, 15) is 0 Å². The topological polar surface area (TPSA) is 43.8 Å². The van der Waals surface area contributed by atoms with E-state index in [0.29, 0.717) is 0 Å². The van der Waals surface area contributed by atoms with Crippen molar-refractivity contribution >= 4 is 22.6 Å². The summed E-state index contributed by atoms with van der Waals surface area (Å²) in [5, 5.41) is 0. The number of rotatable bonds is 2. The Balaban J connectivity index is 2.46. The number of halogens is 1. The van der Waals surface area contributed by atoms with Crippen molar-refractivity contribution in [1.82, 2.24) is 9.55 Å². The molecule has 0 saturated carbocycles. The monoisotopic (exact) mass is 327 g/mol. The molecule has 3 nitrogen and oxygen atoms in total. The highest BCUT2D eigenvalue weighted by molar-refractivity contribution is 14.1. The van der Waals surface area contributed by atoms with E-state index in [1.54, 1.807) is 6.20 Å². The van der Waals surface area contributed by atoms with Crippen LogP contribution in [0.3, 0.4) is 0 Å². The maximum Gasteiger partial charge on any atom is 0.130 e. The van der Waals surface area contributed by atoms with Crippen LogP contribution in [-0.2, 0) is 7.05 Å². The first-order valence-electron chi connectivity index (χ1n) is 5.09. The third-order valence-electron chi connectivity index (χ3n) is 2.69. The van der Waals surface area contributed by atoms with Gasteiger partial charge in [0.2, 0.25) is 0 Å². The molecule has 0 aliphatic rings. The molecule has 4 heteroatoms. The lowest BCUT2D eigenvalue weighted by Crippen LogP contribution is -2.18. The van der Waals surface area contributed by atoms with Gasteiger partial charge in [-0.1, -0.05) is 18.2 Å². The Hall–Kier alpha value is -0.880. The van der Waals surface area contributed by atoms with E-state index >= 15 is 0 Å². The van der Waals surface area contributed by atoms with Gasteiger partial charge in [0.1, 0.15) is 5.82 Å². The van der Waals surface area contributed by atoms with E-state index < -0.39 is 0 Å². The second-order valence-corrected chi connectivity index (χ2v) is 4.93. The van der Waals surface area contributed by atoms with Crippen LogP contribution >= 0.6 is 22.6 Å². The Morgan fingerprint density at radius 2 is 2.19 bits per heavy atom. The van der Waals surface area contributed by atoms with Gasteiger partial charge in [-0.05, 0) is 40.6 Å². The Labute approximate surface area is 109 Å². The average molecular weight is 327 g/mol. The highest BCUT2D eigenvalue weighted by Gasteiger charge is 2.16. The molecule has 0 fully saturated rings. The molecule has 2 N–H and O–H groups in total. The summed E-state index contributed by atoms with van der Waals surface area (Å²) in [7, 11) is 1.96. The molecular formula is C12H14IN3. The lowest BCUT2D eigenvalue weighted by Gasteiger charge is -2.15. The summed E-state index contributed by atoms with van der Waals surface area (Å²) in [5.74, 6) is 0.892. The van der Waals surface area contributed by atoms with E-state index in [0.717, 1.165) is 11.4 Å². The van der Waals surface area contributed by atoms with Crippen LogP contribution < -0.4 is 5.73 Å². The van der Waals surface area contributed by atoms with Crippen molar-refractivity contribution in [2.45, 2.75) is 13.0 Å². The first-order valence-corrected chi connectivity index (χ1v) is 6.17. The van der Waals surface area contributed by atoms with E-state index in [4.69, 9.17) is 5.73 Å². The molecule has 0 radical (unpaired) electrons. The van der Waals surface area contributed by atoms with E-state index in [1.165, 1.54) is 9.13 Å². The van der Waals surface area contributed by atoms with E-state index in [2.05, 4.69) is 46.6 Å². The van der Waals surface area contributed by atoms with Crippen molar-refractivity contribution in [2.24, 2.45) is 12.8 Å². The standard InChI is InChI=1S/C12H14IN3/c1-8-4-3-5-9(10(8)13)11(14)12-15-6-7-16(12)2/h3-7,11H,14H2,1-2H3. The van der Waals surface area contributed by atoms with Gasteiger partial charge in [0.05, 0.1) is 6.04 Å². The Morgan fingerprint density at radius 1 is 1.44 bits per heavy atom. The van der Waals surface area contributed by atoms with Gasteiger partial charge in [0.15, 0.2) is 0 Å². The van der Waals surface area contributed by atoms with Gasteiger partial charge < -0.3 is 10.3 Å². The number of hydrogen-bond acceptors (Lipinski definition) is 2. The van der Waals surface area contributed by atoms with Crippen molar-refractivity contribution in [3.8, 4) is 0 Å². The number of aromatic nitrogens is 2. The highest BCUT2D eigenvalue weighted by Crippen LogP contribution is 2.25. The van der Waals surface area contributed by atoms with Gasteiger partial charge in [0.25, 0.3) is 0 Å². The SMILES string of the molecule is Cc1cccc(C(N)c2nccn2C)c1I. The van der Waals surface area contributed by atoms with Gasteiger partial charge in [-0.2, -0.15) is 0 Å². The average Bonchev–Trinajstić information content (AvgIpc) is 2.68. The van der Waals surface area contributed by atoms with Gasteiger partial charge in [0, 0.05) is 23.0 Å². The largest absolute Gasteiger partial charge is 0.336 e. The Bertz CT molecular complexity index is 505. The number of hydrogen-bond donors (Lipinski definition) is 1. The Kier molecular flexibility index (Phi) is 3.30. The molecule has 84 valence electrons. The molecule has 1 unspecified atom stereocenters. The van der Waals surface area contributed by atoms with Crippen molar-refractivity contribution < 1.29 is 0 Å². The molecule has 1 atom stereocenters. The number of nitrogens with zero attached hydrogens (tertiary/aromatic N) is 2. The molecule has 1 aromatic carbocycles. The van der Waals surface area contributed by atoms with Gasteiger partial charge in [-0.25, -0.2) is 4.98 Å². The number of imidazole rings is 1. The third kappa shape index (κ3) is 1.99. The van der Waals surface area contributed by atoms with E-state index in [1.807, 2.05) is 23.9 Å². The Morgan fingerprint density at radius 3 is 2.81 bits per heavy atom. The van der Waals surface area contributed by atoms with Crippen LogP contribution in [0.1, 0.15) is 23.0 Å². The van der Waals surface area contributed by atoms with Gasteiger partial charge >= 0.3 is 0 Å². The summed E-state index contributed by atoms with van der Waals surface area (Å²) in [4.78, 5) is 4.30. The molecule has 2 aromatic rings. The van der Waals surface area contributed by atoms with Crippen molar-refractivity contribution in [3.63, 3.8) is 0 Å². The molecule has 0 saturated heterocycles. The molecule has 0 aliphatic carbocycles. The van der Waals surface area contributed by atoms with Gasteiger partial charge in [-0.3, -0.25) is 0 Å². The minimum Gasteiger partial charge on any atom is -0.336 e. The summed E-state index contributed by atoms with van der Waals surface area (Å²) in [6, 6.07) is 6.03. The smallest absolute Gasteiger partial charge is 0.130 e. The predicted octanol–water partition coefficient (Wildman–Crippen LogP) is 2.38. The highest BCUT2D eigenvalue weighted by atomic mass is 127. The molecular weight excluding hydrogens is 313 g/mol. The fourth-order valence-electron chi connectivity index (χ4n) is 1.73. The fraction of sp³-hybridized carbons (Fsp3) is 0.250. The molecule has 1 aromatic heterocycles. The molecule has 1 heterocycles. The van der Waals surface area contributed by atoms with Crippen molar-refractivity contribution in [2.75, 3.05) is 0 Å². The molecule has 0 spiro atoms. The summed E-state index contributed by atoms with van der Waals surface area (Å²) < 4.78 is 3.18. The van der Waals surface area contributed by atoms with Crippen LogP contribution in [0.4, 0.5) is 0 Å². The van der Waals surface area contributed by atoms with Gasteiger partial charge in [-0.15, -0.1) is 0 Å². The second-order valence-electron chi connectivity index (χ2n) is 3.85. The number of nitrogens with two attached hydrogens (primary N) is 1. The summed E-state index contributed by atoms with van der Waals surface area (Å²) in [5.41, 5.74) is 8.63. The third-order valence-corrected chi connectivity index (χ3v) is 4.17. The molecule has 0 aliphatic heterocycles. The zero-order valence-corrected chi connectivity index (χ0v) is 11.5. The molecule has 0 bridgehead atoms. The van der Waals surface area contributed by atoms with Crippen LogP contribution in [-0.4, -0.2) is 9.55 Å². The van der Waals surface area contributed by atoms with E-state index in [-0.39, 0.29) is 6.04 Å². The maximum atomic E-state index is 6.24. The normalized spacial score (nSPS) is 12.8. The molecule has 2 rings (SSSR count). The molecule has 16 heavy (non-hydrogen) atoms. The minimum atomic E-state index is -0.160. The minimum absolute atomic E-state index is 0.160. The molecule has 0 amide bonds. The van der Waals surface area contributed by atoms with Crippen LogP contribution in [0.5, 0.6) is 0 Å². The van der Waals surface area contributed by atoms with Crippen LogP contribution in [0.15, 0.2) is 30.6 Å². The first-order chi connectivity index (χ1) is 7.61. The first kappa shape index (κ1) is 11.6. The van der Waals surface area contributed by atoms with Crippen LogP contribution in [0.2, 0.25) is 0 Å². The summed E-state index contributed by atoms with van der Waals surface area (Å²) >= 11 is 2.34. The zero-order chi connectivity index (χ0) is 11.7. The lowest BCUT2D eigenvalue weighted by atomic mass is 10.0. The second kappa shape index (κ2) is 4.55. The fourth-order valence-corrected chi connectivity index (χ4v) is 2.42. The number of aryl methyl sites for hydroxylation is 2. The lowest BCUT2D eigenvalue weighted by molar-refractivity contribution is 0.714. The predicted molar refractivity (Wildman–Crippen MR) is 73.1 cm³/mol. The number of benzene rings is 1. The van der Waals surface area contributed by atoms with Crippen molar-refractivity contribution in [3.05, 3.63) is 51.1 Å². The van der Waals surface area contributed by atoms with Crippen LogP contribution in [0.25, 0.3) is 0 Å². The van der Waals surface area contributed by atoms with Crippen molar-refractivity contribution in [1.29, 1.82) is 0 Å². The quantitative estimate of drug-likeness (QED) is 0.861.